The summed E-state index contributed by atoms with van der Waals surface area (Å²) in [4.78, 5) is 20.3. The molecule has 0 aromatic heterocycles. The van der Waals surface area contributed by atoms with Gasteiger partial charge in [-0.25, -0.2) is 4.79 Å². The molecule has 1 aliphatic carbocycles. The summed E-state index contributed by atoms with van der Waals surface area (Å²) in [5.74, 6) is 1.38. The molecule has 228 valence electrons. The van der Waals surface area contributed by atoms with Gasteiger partial charge in [-0.1, -0.05) is 23.7 Å². The van der Waals surface area contributed by atoms with Crippen molar-refractivity contribution in [2.75, 3.05) is 53.3 Å². The van der Waals surface area contributed by atoms with E-state index in [0.29, 0.717) is 24.5 Å². The van der Waals surface area contributed by atoms with Crippen molar-refractivity contribution in [2.45, 2.75) is 55.8 Å². The molecule has 3 atom stereocenters. The third kappa shape index (κ3) is 5.81. The second-order valence-electron chi connectivity index (χ2n) is 11.6. The van der Waals surface area contributed by atoms with Crippen LogP contribution in [-0.2, 0) is 11.6 Å². The molecule has 3 aliphatic rings. The lowest BCUT2D eigenvalue weighted by Crippen LogP contribution is -2.54. The summed E-state index contributed by atoms with van der Waals surface area (Å²) in [6, 6.07) is 9.26. The number of rotatable bonds is 6. The number of ether oxygens (including phenoxy) is 2. The molecule has 2 heterocycles. The van der Waals surface area contributed by atoms with Crippen molar-refractivity contribution >= 4 is 23.3 Å². The first-order valence-electron chi connectivity index (χ1n) is 14.2. The second-order valence-corrected chi connectivity index (χ2v) is 12.0. The number of carbonyl (C=O) groups excluding carboxylic acids is 1. The minimum atomic E-state index is -4.63. The van der Waals surface area contributed by atoms with Gasteiger partial charge < -0.3 is 24.6 Å². The van der Waals surface area contributed by atoms with Gasteiger partial charge in [0, 0.05) is 48.4 Å². The topological polar surface area (TPSA) is 57.3 Å². The quantitative estimate of drug-likeness (QED) is 0.400. The summed E-state index contributed by atoms with van der Waals surface area (Å²) >= 11 is 5.83. The molecule has 0 unspecified atom stereocenters. The zero-order valence-electron chi connectivity index (χ0n) is 24.4. The van der Waals surface area contributed by atoms with E-state index in [4.69, 9.17) is 21.1 Å². The first-order chi connectivity index (χ1) is 20.0. The number of nitrogens with zero attached hydrogens (tertiary/aromatic N) is 3. The Kier molecular flexibility index (Phi) is 8.70. The van der Waals surface area contributed by atoms with Crippen molar-refractivity contribution in [3.05, 3.63) is 64.3 Å². The highest BCUT2D eigenvalue weighted by Crippen LogP contribution is 2.51. The van der Waals surface area contributed by atoms with E-state index in [1.165, 1.54) is 17.7 Å². The number of alkyl halides is 3. The molecule has 2 fully saturated rings. The smallest absolute Gasteiger partial charge is 0.417 e. The monoisotopic (exact) mass is 606 g/mol. The Hall–Kier alpha value is -2.95. The van der Waals surface area contributed by atoms with E-state index in [1.54, 1.807) is 19.1 Å². The highest BCUT2D eigenvalue weighted by Gasteiger charge is 2.52. The molecule has 42 heavy (non-hydrogen) atoms. The predicted molar refractivity (Wildman–Crippen MR) is 157 cm³/mol. The average Bonchev–Trinajstić information content (AvgIpc) is 3.31. The van der Waals surface area contributed by atoms with Gasteiger partial charge in [0.2, 0.25) is 0 Å². The molecule has 0 spiro atoms. The number of carbonyl (C=O) groups is 1. The van der Waals surface area contributed by atoms with Crippen LogP contribution in [0.25, 0.3) is 0 Å². The van der Waals surface area contributed by atoms with Crippen LogP contribution in [-0.4, -0.2) is 80.8 Å². The number of fused-ring (bicyclic) bond motifs is 1. The number of hydrogen-bond donors (Lipinski definition) is 1. The molecule has 2 aromatic carbocycles. The Morgan fingerprint density at radius 3 is 2.50 bits per heavy atom. The fourth-order valence-electron chi connectivity index (χ4n) is 6.99. The molecule has 1 saturated carbocycles. The molecule has 2 aliphatic heterocycles. The van der Waals surface area contributed by atoms with Crippen molar-refractivity contribution < 1.29 is 27.4 Å². The standard InChI is InChI=1S/C31H38ClF3N4O3/c1-37-14-10-22(11-15-37)39(29(40)36-21-6-7-25(32)24(18-21)31(33,34)35)23-9-12-30(13-16-38(2)28(30)19-23)20-5-8-26(41-3)27(17-20)42-4/h5-8,10,17-18,23,28H,9,11-16,19H2,1-4H3,(H,36,40)/t23-,28+,30-/m0/s1. The number of nitrogens with one attached hydrogen (secondary N) is 1. The van der Waals surface area contributed by atoms with Crippen LogP contribution in [0.4, 0.5) is 23.7 Å². The maximum atomic E-state index is 13.9. The average molecular weight is 607 g/mol. The molecule has 11 heteroatoms. The van der Waals surface area contributed by atoms with E-state index >= 15 is 0 Å². The van der Waals surface area contributed by atoms with Crippen LogP contribution in [0.2, 0.25) is 5.02 Å². The van der Waals surface area contributed by atoms with Gasteiger partial charge in [-0.2, -0.15) is 13.2 Å². The molecule has 0 bridgehead atoms. The van der Waals surface area contributed by atoms with Gasteiger partial charge in [-0.3, -0.25) is 4.90 Å². The third-order valence-electron chi connectivity index (χ3n) is 9.26. The van der Waals surface area contributed by atoms with E-state index in [9.17, 15) is 18.0 Å². The summed E-state index contributed by atoms with van der Waals surface area (Å²) in [5, 5.41) is 2.35. The number of anilines is 1. The van der Waals surface area contributed by atoms with E-state index < -0.39 is 22.8 Å². The lowest BCUT2D eigenvalue weighted by Gasteiger charge is -2.48. The molecule has 7 nitrogen and oxygen atoms in total. The van der Waals surface area contributed by atoms with Gasteiger partial charge in [0.25, 0.3) is 0 Å². The predicted octanol–water partition coefficient (Wildman–Crippen LogP) is 6.62. The fraction of sp³-hybridized carbons (Fsp3) is 0.516. The van der Waals surface area contributed by atoms with Crippen molar-refractivity contribution in [3.63, 3.8) is 0 Å². The van der Waals surface area contributed by atoms with Gasteiger partial charge >= 0.3 is 12.2 Å². The number of amides is 2. The normalized spacial score (nSPS) is 25.0. The number of halogens is 4. The molecular weight excluding hydrogens is 569 g/mol. The van der Waals surface area contributed by atoms with Crippen LogP contribution in [0.3, 0.4) is 0 Å². The first kappa shape index (κ1) is 30.5. The van der Waals surface area contributed by atoms with Gasteiger partial charge in [-0.05, 0) is 82.2 Å². The van der Waals surface area contributed by atoms with Crippen LogP contribution >= 0.6 is 11.6 Å². The summed E-state index contributed by atoms with van der Waals surface area (Å²) in [6.45, 7) is 2.42. The summed E-state index contributed by atoms with van der Waals surface area (Å²) in [7, 11) is 7.41. The number of likely N-dealkylation sites (tertiary alicyclic amines) is 1. The Bertz CT molecular complexity index is 1350. The van der Waals surface area contributed by atoms with E-state index in [2.05, 4.69) is 40.4 Å². The van der Waals surface area contributed by atoms with Crippen LogP contribution in [0.1, 0.15) is 43.2 Å². The molecule has 1 N–H and O–H groups in total. The van der Waals surface area contributed by atoms with Gasteiger partial charge in [0.1, 0.15) is 0 Å². The lowest BCUT2D eigenvalue weighted by atomic mass is 9.64. The van der Waals surface area contributed by atoms with E-state index in [1.807, 2.05) is 13.1 Å². The number of urea groups is 1. The van der Waals surface area contributed by atoms with E-state index in [0.717, 1.165) is 50.5 Å². The second kappa shape index (κ2) is 12.0. The number of hydrogen-bond acceptors (Lipinski definition) is 5. The lowest BCUT2D eigenvalue weighted by molar-refractivity contribution is -0.137. The van der Waals surface area contributed by atoms with Crippen LogP contribution in [0, 0.1) is 0 Å². The highest BCUT2D eigenvalue weighted by atomic mass is 35.5. The van der Waals surface area contributed by atoms with Crippen molar-refractivity contribution in [1.82, 2.24) is 14.7 Å². The zero-order valence-corrected chi connectivity index (χ0v) is 25.2. The minimum absolute atomic E-state index is 0.0590. The van der Waals surface area contributed by atoms with Crippen LogP contribution < -0.4 is 14.8 Å². The van der Waals surface area contributed by atoms with Crippen molar-refractivity contribution in [3.8, 4) is 11.5 Å². The fourth-order valence-corrected chi connectivity index (χ4v) is 7.22. The maximum Gasteiger partial charge on any atom is 0.417 e. The molecule has 0 radical (unpaired) electrons. The summed E-state index contributed by atoms with van der Waals surface area (Å²) in [5.41, 5.74) is 1.08. The maximum absolute atomic E-state index is 13.9. The first-order valence-corrected chi connectivity index (χ1v) is 14.6. The minimum Gasteiger partial charge on any atom is -0.493 e. The Morgan fingerprint density at radius 2 is 1.83 bits per heavy atom. The Morgan fingerprint density at radius 1 is 1.07 bits per heavy atom. The van der Waals surface area contributed by atoms with Gasteiger partial charge in [-0.15, -0.1) is 0 Å². The zero-order chi connectivity index (χ0) is 30.2. The highest BCUT2D eigenvalue weighted by molar-refractivity contribution is 6.31. The largest absolute Gasteiger partial charge is 0.493 e. The van der Waals surface area contributed by atoms with Gasteiger partial charge in [0.15, 0.2) is 11.5 Å². The molecule has 2 aromatic rings. The number of benzene rings is 2. The molecule has 2 amide bonds. The third-order valence-corrected chi connectivity index (χ3v) is 9.59. The molecule has 5 rings (SSSR count). The molecule has 1 saturated heterocycles. The summed E-state index contributed by atoms with van der Waals surface area (Å²) < 4.78 is 51.7. The Balaban J connectivity index is 1.45. The number of methoxy groups -OCH3 is 2. The summed E-state index contributed by atoms with van der Waals surface area (Å²) in [6.07, 6.45) is 1.45. The van der Waals surface area contributed by atoms with E-state index in [-0.39, 0.29) is 23.2 Å². The SMILES string of the molecule is COc1ccc([C@@]23CC[C@H](N(C(=O)Nc4ccc(Cl)c(C(F)(F)F)c4)C4=CCN(C)CC4)C[C@H]2N(C)CC3)cc1OC. The van der Waals surface area contributed by atoms with Gasteiger partial charge in [0.05, 0.1) is 24.8 Å². The van der Waals surface area contributed by atoms with Crippen LogP contribution in [0.5, 0.6) is 11.5 Å². The number of likely N-dealkylation sites (N-methyl/N-ethyl adjacent to an activating group) is 2. The van der Waals surface area contributed by atoms with Crippen molar-refractivity contribution in [2.24, 2.45) is 0 Å². The van der Waals surface area contributed by atoms with Crippen molar-refractivity contribution in [1.29, 1.82) is 0 Å². The Labute approximate surface area is 250 Å². The molecular formula is C31H38ClF3N4O3. The van der Waals surface area contributed by atoms with Crippen LogP contribution in [0.15, 0.2) is 48.2 Å².